The van der Waals surface area contributed by atoms with Crippen molar-refractivity contribution in [1.29, 1.82) is 0 Å². The summed E-state index contributed by atoms with van der Waals surface area (Å²) < 4.78 is 5.20. The van der Waals surface area contributed by atoms with Crippen LogP contribution < -0.4 is 10.6 Å². The van der Waals surface area contributed by atoms with Crippen molar-refractivity contribution in [3.05, 3.63) is 51.2 Å². The number of oxazole rings is 1. The standard InChI is InChI=1S/C20H21Cl2N3O4/c1-10-17(24-9-29-10)20(2,3)19(28)23-8-11-6-13(21)16(14(22)7-11)12-4-5-15(26)25-18(12)27/h6-7,9,12H,4-5,8H2,1-3H3,(H,23,28)(H,25,26,27). The van der Waals surface area contributed by atoms with Crippen molar-refractivity contribution in [2.45, 2.75) is 51.5 Å². The van der Waals surface area contributed by atoms with E-state index >= 15 is 0 Å². The Labute approximate surface area is 178 Å². The summed E-state index contributed by atoms with van der Waals surface area (Å²) in [4.78, 5) is 40.3. The molecule has 29 heavy (non-hydrogen) atoms. The first kappa shape index (κ1) is 21.3. The third-order valence-electron chi connectivity index (χ3n) is 5.08. The topological polar surface area (TPSA) is 101 Å². The first-order valence-electron chi connectivity index (χ1n) is 9.11. The van der Waals surface area contributed by atoms with Crippen LogP contribution in [0.4, 0.5) is 0 Å². The van der Waals surface area contributed by atoms with Crippen LogP contribution in [-0.2, 0) is 26.3 Å². The minimum absolute atomic E-state index is 0.203. The van der Waals surface area contributed by atoms with Crippen molar-refractivity contribution in [3.8, 4) is 0 Å². The van der Waals surface area contributed by atoms with E-state index in [1.54, 1.807) is 32.9 Å². The van der Waals surface area contributed by atoms with Crippen molar-refractivity contribution in [3.63, 3.8) is 0 Å². The Bertz CT molecular complexity index is 961. The predicted molar refractivity (Wildman–Crippen MR) is 108 cm³/mol. The first-order chi connectivity index (χ1) is 13.6. The molecule has 0 aliphatic carbocycles. The molecular weight excluding hydrogens is 417 g/mol. The Balaban J connectivity index is 1.74. The summed E-state index contributed by atoms with van der Waals surface area (Å²) in [6, 6.07) is 3.34. The second kappa shape index (κ2) is 8.16. The summed E-state index contributed by atoms with van der Waals surface area (Å²) in [7, 11) is 0. The molecule has 9 heteroatoms. The van der Waals surface area contributed by atoms with Crippen LogP contribution in [0.1, 0.15) is 55.2 Å². The van der Waals surface area contributed by atoms with Crippen molar-refractivity contribution in [2.24, 2.45) is 0 Å². The summed E-state index contributed by atoms with van der Waals surface area (Å²) in [6.45, 7) is 5.48. The van der Waals surface area contributed by atoms with Gasteiger partial charge in [-0.25, -0.2) is 4.98 Å². The summed E-state index contributed by atoms with van der Waals surface area (Å²) in [5.41, 5.74) is 0.875. The lowest BCUT2D eigenvalue weighted by Crippen LogP contribution is -2.40. The normalized spacial score (nSPS) is 17.2. The quantitative estimate of drug-likeness (QED) is 0.697. The van der Waals surface area contributed by atoms with E-state index in [0.29, 0.717) is 39.0 Å². The molecule has 1 fully saturated rings. The number of hydrogen-bond acceptors (Lipinski definition) is 5. The lowest BCUT2D eigenvalue weighted by molar-refractivity contribution is -0.134. The third-order valence-corrected chi connectivity index (χ3v) is 5.71. The van der Waals surface area contributed by atoms with E-state index in [0.717, 1.165) is 0 Å². The van der Waals surface area contributed by atoms with E-state index in [2.05, 4.69) is 15.6 Å². The average Bonchev–Trinajstić information content (AvgIpc) is 3.07. The molecule has 2 heterocycles. The number of aromatic nitrogens is 1. The Morgan fingerprint density at radius 1 is 1.31 bits per heavy atom. The number of amides is 3. The number of halogens is 2. The van der Waals surface area contributed by atoms with Crippen LogP contribution in [0.2, 0.25) is 10.0 Å². The van der Waals surface area contributed by atoms with Gasteiger partial charge in [-0.15, -0.1) is 0 Å². The molecule has 0 radical (unpaired) electrons. The highest BCUT2D eigenvalue weighted by Crippen LogP contribution is 2.37. The largest absolute Gasteiger partial charge is 0.448 e. The van der Waals surface area contributed by atoms with E-state index in [1.165, 1.54) is 6.39 Å². The Morgan fingerprint density at radius 2 is 1.97 bits per heavy atom. The number of imide groups is 1. The van der Waals surface area contributed by atoms with Gasteiger partial charge in [-0.2, -0.15) is 0 Å². The van der Waals surface area contributed by atoms with Crippen LogP contribution in [-0.4, -0.2) is 22.7 Å². The van der Waals surface area contributed by atoms with Crippen molar-refractivity contribution >= 4 is 40.9 Å². The summed E-state index contributed by atoms with van der Waals surface area (Å²) in [5.74, 6) is -0.926. The third kappa shape index (κ3) is 4.31. The molecule has 154 valence electrons. The van der Waals surface area contributed by atoms with Crippen LogP contribution in [0.5, 0.6) is 0 Å². The number of carbonyl (C=O) groups is 3. The predicted octanol–water partition coefficient (Wildman–Crippen LogP) is 3.40. The zero-order valence-corrected chi connectivity index (χ0v) is 17.8. The van der Waals surface area contributed by atoms with Gasteiger partial charge < -0.3 is 9.73 Å². The summed E-state index contributed by atoms with van der Waals surface area (Å²) in [6.07, 6.45) is 1.90. The highest BCUT2D eigenvalue weighted by molar-refractivity contribution is 6.36. The number of rotatable bonds is 5. The van der Waals surface area contributed by atoms with Gasteiger partial charge in [0, 0.05) is 28.6 Å². The fourth-order valence-corrected chi connectivity index (χ4v) is 4.25. The number of piperidine rings is 1. The van der Waals surface area contributed by atoms with Gasteiger partial charge >= 0.3 is 0 Å². The molecule has 0 spiro atoms. The van der Waals surface area contributed by atoms with Crippen LogP contribution in [0, 0.1) is 6.92 Å². The van der Waals surface area contributed by atoms with E-state index in [1.807, 2.05) is 0 Å². The zero-order valence-electron chi connectivity index (χ0n) is 16.3. The molecular formula is C20H21Cl2N3O4. The van der Waals surface area contributed by atoms with Crippen LogP contribution >= 0.6 is 23.2 Å². The van der Waals surface area contributed by atoms with Crippen LogP contribution in [0.3, 0.4) is 0 Å². The van der Waals surface area contributed by atoms with Gasteiger partial charge in [-0.05, 0) is 44.9 Å². The van der Waals surface area contributed by atoms with Gasteiger partial charge in [0.15, 0.2) is 6.39 Å². The smallest absolute Gasteiger partial charge is 0.234 e. The highest BCUT2D eigenvalue weighted by Gasteiger charge is 2.34. The maximum absolute atomic E-state index is 12.7. The molecule has 2 aromatic rings. The molecule has 0 saturated carbocycles. The molecule has 1 aliphatic rings. The minimum atomic E-state index is -0.878. The number of benzene rings is 1. The fraction of sp³-hybridized carbons (Fsp3) is 0.400. The number of nitrogens with zero attached hydrogens (tertiary/aromatic N) is 1. The molecule has 3 amide bonds. The molecule has 1 aromatic heterocycles. The maximum Gasteiger partial charge on any atom is 0.234 e. The Hall–Kier alpha value is -2.38. The first-order valence-corrected chi connectivity index (χ1v) is 9.87. The number of aryl methyl sites for hydroxylation is 1. The van der Waals surface area contributed by atoms with Gasteiger partial charge in [-0.3, -0.25) is 19.7 Å². The lowest BCUT2D eigenvalue weighted by atomic mass is 9.87. The van der Waals surface area contributed by atoms with Gasteiger partial charge in [0.05, 0.1) is 17.0 Å². The van der Waals surface area contributed by atoms with Crippen molar-refractivity contribution in [1.82, 2.24) is 15.6 Å². The molecule has 1 unspecified atom stereocenters. The summed E-state index contributed by atoms with van der Waals surface area (Å²) >= 11 is 12.8. The van der Waals surface area contributed by atoms with Crippen LogP contribution in [0.25, 0.3) is 0 Å². The maximum atomic E-state index is 12.7. The molecule has 7 nitrogen and oxygen atoms in total. The number of nitrogens with one attached hydrogen (secondary N) is 2. The average molecular weight is 438 g/mol. The Morgan fingerprint density at radius 3 is 2.52 bits per heavy atom. The van der Waals surface area contributed by atoms with Crippen molar-refractivity contribution < 1.29 is 18.8 Å². The van der Waals surface area contributed by atoms with Gasteiger partial charge in [-0.1, -0.05) is 23.2 Å². The van der Waals surface area contributed by atoms with E-state index < -0.39 is 17.2 Å². The highest BCUT2D eigenvalue weighted by atomic mass is 35.5. The van der Waals surface area contributed by atoms with Gasteiger partial charge in [0.1, 0.15) is 5.76 Å². The number of hydrogen-bond donors (Lipinski definition) is 2. The van der Waals surface area contributed by atoms with E-state index in [9.17, 15) is 14.4 Å². The molecule has 1 saturated heterocycles. The van der Waals surface area contributed by atoms with Crippen molar-refractivity contribution in [2.75, 3.05) is 0 Å². The molecule has 1 aliphatic heterocycles. The summed E-state index contributed by atoms with van der Waals surface area (Å²) in [5, 5.41) is 5.81. The molecule has 2 N–H and O–H groups in total. The lowest BCUT2D eigenvalue weighted by Gasteiger charge is -2.24. The second-order valence-electron chi connectivity index (χ2n) is 7.54. The van der Waals surface area contributed by atoms with E-state index in [-0.39, 0.29) is 24.8 Å². The van der Waals surface area contributed by atoms with Gasteiger partial charge in [0.2, 0.25) is 17.7 Å². The fourth-order valence-electron chi connectivity index (χ4n) is 3.46. The molecule has 1 aromatic carbocycles. The minimum Gasteiger partial charge on any atom is -0.448 e. The van der Waals surface area contributed by atoms with Crippen LogP contribution in [0.15, 0.2) is 22.9 Å². The van der Waals surface area contributed by atoms with Gasteiger partial charge in [0.25, 0.3) is 0 Å². The second-order valence-corrected chi connectivity index (χ2v) is 8.36. The van der Waals surface area contributed by atoms with E-state index in [4.69, 9.17) is 27.6 Å². The molecule has 1 atom stereocenters. The zero-order chi connectivity index (χ0) is 21.3. The monoisotopic (exact) mass is 437 g/mol. The SMILES string of the molecule is Cc1ocnc1C(C)(C)C(=O)NCc1cc(Cl)c(C2CCC(=O)NC2=O)c(Cl)c1. The number of carbonyl (C=O) groups excluding carboxylic acids is 3. The molecule has 3 rings (SSSR count). The molecule has 0 bridgehead atoms. The Kier molecular flexibility index (Phi) is 6.00.